The van der Waals surface area contributed by atoms with Gasteiger partial charge in [0.05, 0.1) is 0 Å². The van der Waals surface area contributed by atoms with Gasteiger partial charge in [-0.2, -0.15) is 0 Å². The Bertz CT molecular complexity index is 1140. The zero-order valence-corrected chi connectivity index (χ0v) is 19.7. The highest BCUT2D eigenvalue weighted by molar-refractivity contribution is 7.79. The zero-order chi connectivity index (χ0) is 21.6. The van der Waals surface area contributed by atoms with E-state index in [1.54, 1.807) is 0 Å². The van der Waals surface area contributed by atoms with Gasteiger partial charge in [-0.05, 0) is 48.8 Å². The summed E-state index contributed by atoms with van der Waals surface area (Å²) in [5.41, 5.74) is 0.549. The lowest BCUT2D eigenvalue weighted by molar-refractivity contribution is 1.05. The average molecular weight is 448 g/mol. The van der Waals surface area contributed by atoms with E-state index in [1.165, 1.54) is 26.5 Å². The molecule has 2 heteroatoms. The van der Waals surface area contributed by atoms with Crippen LogP contribution >= 0.6 is 15.8 Å². The minimum atomic E-state index is -0.564. The summed E-state index contributed by atoms with van der Waals surface area (Å²) in [7, 11) is -1.00. The Morgan fingerprint density at radius 1 is 0.469 bits per heavy atom. The van der Waals surface area contributed by atoms with E-state index in [0.29, 0.717) is 5.66 Å². The molecular formula is C30H26P2. The predicted molar refractivity (Wildman–Crippen MR) is 144 cm³/mol. The van der Waals surface area contributed by atoms with Crippen molar-refractivity contribution in [3.8, 4) is 0 Å². The van der Waals surface area contributed by atoms with Gasteiger partial charge in [-0.25, -0.2) is 0 Å². The molecule has 156 valence electrons. The van der Waals surface area contributed by atoms with E-state index in [4.69, 9.17) is 0 Å². The summed E-state index contributed by atoms with van der Waals surface area (Å²) in [4.78, 5) is 0. The van der Waals surface area contributed by atoms with Crippen molar-refractivity contribution in [1.29, 1.82) is 0 Å². The van der Waals surface area contributed by atoms with Gasteiger partial charge < -0.3 is 0 Å². The van der Waals surface area contributed by atoms with Crippen LogP contribution in [0.3, 0.4) is 0 Å². The molecule has 2 atom stereocenters. The first kappa shape index (κ1) is 21.1. The van der Waals surface area contributed by atoms with Crippen molar-refractivity contribution in [3.05, 3.63) is 140 Å². The van der Waals surface area contributed by atoms with Gasteiger partial charge >= 0.3 is 0 Å². The van der Waals surface area contributed by atoms with Gasteiger partial charge in [-0.1, -0.05) is 140 Å². The number of hydrogen-bond acceptors (Lipinski definition) is 0. The Kier molecular flexibility index (Phi) is 6.74. The van der Waals surface area contributed by atoms with Crippen LogP contribution in [0, 0.1) is 0 Å². The molecule has 0 amide bonds. The maximum absolute atomic E-state index is 2.40. The van der Waals surface area contributed by atoms with E-state index < -0.39 is 15.8 Å². The maximum atomic E-state index is 2.40. The van der Waals surface area contributed by atoms with Gasteiger partial charge in [0.15, 0.2) is 0 Å². The topological polar surface area (TPSA) is 0 Å². The molecule has 0 fully saturated rings. The fourth-order valence-electron chi connectivity index (χ4n) is 4.24. The molecule has 1 aliphatic rings. The fourth-order valence-corrected chi connectivity index (χ4v) is 9.16. The summed E-state index contributed by atoms with van der Waals surface area (Å²) in [5, 5.41) is 7.10. The highest BCUT2D eigenvalue weighted by Gasteiger charge is 2.23. The maximum Gasteiger partial charge on any atom is 0.00883 e. The molecule has 5 rings (SSSR count). The molecule has 0 saturated carbocycles. The minimum absolute atomic E-state index is 0.440. The molecular weight excluding hydrogens is 422 g/mol. The third kappa shape index (κ3) is 4.68. The number of allylic oxidation sites excluding steroid dienone is 4. The summed E-state index contributed by atoms with van der Waals surface area (Å²) in [6.45, 7) is 0. The van der Waals surface area contributed by atoms with Gasteiger partial charge in [0.25, 0.3) is 0 Å². The third-order valence-electron chi connectivity index (χ3n) is 5.74. The fraction of sp³-hybridized carbons (Fsp3) is 0.0667. The van der Waals surface area contributed by atoms with Crippen LogP contribution in [0.25, 0.3) is 0 Å². The third-order valence-corrected chi connectivity index (χ3v) is 10.9. The van der Waals surface area contributed by atoms with Crippen LogP contribution in [0.15, 0.2) is 140 Å². The van der Waals surface area contributed by atoms with Crippen LogP contribution in [-0.4, -0.2) is 5.66 Å². The number of benzene rings is 4. The summed E-state index contributed by atoms with van der Waals surface area (Å²) in [6.07, 6.45) is 10.2. The summed E-state index contributed by atoms with van der Waals surface area (Å²) < 4.78 is 0. The molecule has 0 bridgehead atoms. The Hall–Kier alpha value is -2.78. The van der Waals surface area contributed by atoms with Gasteiger partial charge in [0.1, 0.15) is 0 Å². The molecule has 0 aliphatic heterocycles. The highest BCUT2D eigenvalue weighted by Crippen LogP contribution is 2.43. The number of rotatable bonds is 6. The van der Waals surface area contributed by atoms with Crippen LogP contribution in [0.2, 0.25) is 0 Å². The standard InChI is InChI=1S/C30H26P2/c1-5-13-25(14-6-1)31(26-15-7-2-8-16-26)29-21-23-30(24-22-29)32(27-17-9-3-10-18-27)28-19-11-4-12-20-28/h1-19,21-24,28H,20H2. The smallest absolute Gasteiger partial charge is 0.00883 e. The second-order valence-corrected chi connectivity index (χ2v) is 12.5. The van der Waals surface area contributed by atoms with Gasteiger partial charge in [-0.15, -0.1) is 0 Å². The van der Waals surface area contributed by atoms with E-state index in [2.05, 4.69) is 140 Å². The SMILES string of the molecule is C1=CCC(P(c2ccccc2)c2ccc(P(c3ccccc3)c3ccccc3)cc2)C=C1. The van der Waals surface area contributed by atoms with Gasteiger partial charge in [0.2, 0.25) is 0 Å². The van der Waals surface area contributed by atoms with Crippen LogP contribution in [0.1, 0.15) is 6.42 Å². The first-order valence-corrected chi connectivity index (χ1v) is 13.8. The first-order chi connectivity index (χ1) is 15.9. The molecule has 2 unspecified atom stereocenters. The molecule has 4 aromatic carbocycles. The lowest BCUT2D eigenvalue weighted by Crippen LogP contribution is -2.24. The van der Waals surface area contributed by atoms with E-state index >= 15 is 0 Å². The first-order valence-electron chi connectivity index (χ1n) is 11.1. The number of hydrogen-bond donors (Lipinski definition) is 0. The second kappa shape index (κ2) is 10.2. The van der Waals surface area contributed by atoms with Crippen molar-refractivity contribution < 1.29 is 0 Å². The molecule has 4 aromatic rings. The van der Waals surface area contributed by atoms with E-state index in [9.17, 15) is 0 Å². The van der Waals surface area contributed by atoms with E-state index in [-0.39, 0.29) is 0 Å². The second-order valence-electron chi connectivity index (χ2n) is 7.84. The Morgan fingerprint density at radius 2 is 0.906 bits per heavy atom. The normalized spacial score (nSPS) is 16.2. The molecule has 0 N–H and O–H groups in total. The van der Waals surface area contributed by atoms with Crippen LogP contribution in [0.4, 0.5) is 0 Å². The van der Waals surface area contributed by atoms with Crippen molar-refractivity contribution in [2.75, 3.05) is 0 Å². The minimum Gasteiger partial charge on any atom is -0.0836 e. The molecule has 0 aromatic heterocycles. The van der Waals surface area contributed by atoms with Gasteiger partial charge in [0, 0.05) is 5.66 Å². The Morgan fingerprint density at radius 3 is 1.41 bits per heavy atom. The lowest BCUT2D eigenvalue weighted by atomic mass is 10.2. The summed E-state index contributed by atoms with van der Waals surface area (Å²) in [6, 6.07) is 42.5. The highest BCUT2D eigenvalue weighted by atomic mass is 31.1. The summed E-state index contributed by atoms with van der Waals surface area (Å²) >= 11 is 0. The predicted octanol–water partition coefficient (Wildman–Crippen LogP) is 5.76. The Labute approximate surface area is 193 Å². The Balaban J connectivity index is 1.53. The average Bonchev–Trinajstić information content (AvgIpc) is 2.88. The van der Waals surface area contributed by atoms with E-state index in [1.807, 2.05) is 0 Å². The van der Waals surface area contributed by atoms with Crippen molar-refractivity contribution in [2.45, 2.75) is 12.1 Å². The van der Waals surface area contributed by atoms with Crippen molar-refractivity contribution in [1.82, 2.24) is 0 Å². The molecule has 0 heterocycles. The van der Waals surface area contributed by atoms with Gasteiger partial charge in [-0.3, -0.25) is 0 Å². The van der Waals surface area contributed by atoms with Crippen LogP contribution in [-0.2, 0) is 0 Å². The molecule has 0 radical (unpaired) electrons. The van der Waals surface area contributed by atoms with E-state index in [0.717, 1.165) is 6.42 Å². The molecule has 32 heavy (non-hydrogen) atoms. The lowest BCUT2D eigenvalue weighted by Gasteiger charge is -2.27. The van der Waals surface area contributed by atoms with Crippen molar-refractivity contribution in [3.63, 3.8) is 0 Å². The van der Waals surface area contributed by atoms with Crippen LogP contribution < -0.4 is 26.5 Å². The van der Waals surface area contributed by atoms with Crippen molar-refractivity contribution >= 4 is 42.4 Å². The molecule has 0 nitrogen and oxygen atoms in total. The molecule has 0 spiro atoms. The quantitative estimate of drug-likeness (QED) is 0.329. The molecule has 0 saturated heterocycles. The zero-order valence-electron chi connectivity index (χ0n) is 18.0. The van der Waals surface area contributed by atoms with Crippen LogP contribution in [0.5, 0.6) is 0 Å². The monoisotopic (exact) mass is 448 g/mol. The molecule has 1 aliphatic carbocycles. The largest absolute Gasteiger partial charge is 0.0836 e. The van der Waals surface area contributed by atoms with Crippen molar-refractivity contribution in [2.24, 2.45) is 0 Å². The summed E-state index contributed by atoms with van der Waals surface area (Å²) in [5.74, 6) is 0.